The summed E-state index contributed by atoms with van der Waals surface area (Å²) in [6.07, 6.45) is 4.46. The molecule has 2 nitrogen and oxygen atoms in total. The average Bonchev–Trinajstić information content (AvgIpc) is 2.76. The van der Waals surface area contributed by atoms with Crippen LogP contribution < -0.4 is 0 Å². The van der Waals surface area contributed by atoms with Gasteiger partial charge in [0.1, 0.15) is 6.61 Å². The minimum absolute atomic E-state index is 0.100. The summed E-state index contributed by atoms with van der Waals surface area (Å²) in [7, 11) is 0. The van der Waals surface area contributed by atoms with Gasteiger partial charge in [-0.3, -0.25) is 4.79 Å². The topological polar surface area (TPSA) is 26.3 Å². The minimum Gasteiger partial charge on any atom is -0.373 e. The Balaban J connectivity index is 2.01. The summed E-state index contributed by atoms with van der Waals surface area (Å²) < 4.78 is 5.27. The molecular formula is C14H18O2. The molecule has 1 aromatic rings. The number of hydrogen-bond acceptors (Lipinski definition) is 2. The van der Waals surface area contributed by atoms with Gasteiger partial charge in [0.2, 0.25) is 0 Å². The third-order valence-corrected chi connectivity index (χ3v) is 3.00. The van der Waals surface area contributed by atoms with Crippen molar-refractivity contribution in [3.05, 3.63) is 34.9 Å². The lowest BCUT2D eigenvalue weighted by atomic mass is 10.0. The zero-order chi connectivity index (χ0) is 11.4. The molecule has 0 spiro atoms. The summed E-state index contributed by atoms with van der Waals surface area (Å²) in [5.74, 6) is 0.100. The van der Waals surface area contributed by atoms with E-state index in [1.807, 2.05) is 19.1 Å². The second-order valence-corrected chi connectivity index (χ2v) is 4.31. The number of aryl methyl sites for hydroxylation is 2. The van der Waals surface area contributed by atoms with Crippen LogP contribution in [0.4, 0.5) is 0 Å². The number of fused-ring (bicyclic) bond motifs is 1. The molecule has 0 heterocycles. The smallest absolute Gasteiger partial charge is 0.188 e. The van der Waals surface area contributed by atoms with Crippen LogP contribution in [0.5, 0.6) is 0 Å². The van der Waals surface area contributed by atoms with E-state index < -0.39 is 0 Å². The van der Waals surface area contributed by atoms with Gasteiger partial charge < -0.3 is 4.74 Å². The van der Waals surface area contributed by atoms with E-state index in [-0.39, 0.29) is 12.4 Å². The highest BCUT2D eigenvalue weighted by Gasteiger charge is 2.13. The fourth-order valence-corrected chi connectivity index (χ4v) is 2.14. The van der Waals surface area contributed by atoms with Crippen molar-refractivity contribution >= 4 is 5.78 Å². The molecule has 1 aromatic carbocycles. The molecule has 0 saturated heterocycles. The van der Waals surface area contributed by atoms with E-state index in [2.05, 4.69) is 6.07 Å². The van der Waals surface area contributed by atoms with E-state index >= 15 is 0 Å². The monoisotopic (exact) mass is 218 g/mol. The summed E-state index contributed by atoms with van der Waals surface area (Å²) >= 11 is 0. The summed E-state index contributed by atoms with van der Waals surface area (Å²) in [6.45, 7) is 2.92. The molecule has 0 unspecified atom stereocenters. The van der Waals surface area contributed by atoms with E-state index in [4.69, 9.17) is 4.74 Å². The van der Waals surface area contributed by atoms with Crippen LogP contribution in [0.15, 0.2) is 18.2 Å². The molecule has 16 heavy (non-hydrogen) atoms. The lowest BCUT2D eigenvalue weighted by molar-refractivity contribution is 0.0761. The molecule has 86 valence electrons. The van der Waals surface area contributed by atoms with Gasteiger partial charge in [-0.1, -0.05) is 19.1 Å². The van der Waals surface area contributed by atoms with Crippen LogP contribution in [0.25, 0.3) is 0 Å². The molecule has 0 atom stereocenters. The zero-order valence-electron chi connectivity index (χ0n) is 9.79. The number of carbonyl (C=O) groups excluding carboxylic acids is 1. The number of rotatable bonds is 5. The maximum atomic E-state index is 11.8. The Morgan fingerprint density at radius 1 is 1.31 bits per heavy atom. The second kappa shape index (κ2) is 5.26. The van der Waals surface area contributed by atoms with Gasteiger partial charge in [0.05, 0.1) is 0 Å². The van der Waals surface area contributed by atoms with Crippen LogP contribution >= 0.6 is 0 Å². The highest BCUT2D eigenvalue weighted by atomic mass is 16.5. The molecule has 2 rings (SSSR count). The number of benzene rings is 1. The SMILES string of the molecule is CCCOCC(=O)c1ccc2c(c1)CCC2. The minimum atomic E-state index is 0.100. The highest BCUT2D eigenvalue weighted by molar-refractivity contribution is 5.97. The molecule has 0 amide bonds. The third-order valence-electron chi connectivity index (χ3n) is 3.00. The molecule has 0 aliphatic heterocycles. The van der Waals surface area contributed by atoms with Gasteiger partial charge in [0, 0.05) is 12.2 Å². The van der Waals surface area contributed by atoms with Gasteiger partial charge in [0.25, 0.3) is 0 Å². The summed E-state index contributed by atoms with van der Waals surface area (Å²) in [4.78, 5) is 11.8. The second-order valence-electron chi connectivity index (χ2n) is 4.31. The van der Waals surface area contributed by atoms with Crippen molar-refractivity contribution in [2.75, 3.05) is 13.2 Å². The van der Waals surface area contributed by atoms with Crippen molar-refractivity contribution in [2.45, 2.75) is 32.6 Å². The number of carbonyl (C=O) groups is 1. The van der Waals surface area contributed by atoms with Gasteiger partial charge in [-0.25, -0.2) is 0 Å². The van der Waals surface area contributed by atoms with Crippen molar-refractivity contribution in [2.24, 2.45) is 0 Å². The molecular weight excluding hydrogens is 200 g/mol. The Bertz CT molecular complexity index is 382. The predicted molar refractivity (Wildman–Crippen MR) is 63.9 cm³/mol. The Kier molecular flexibility index (Phi) is 3.73. The number of Topliss-reactive ketones (excluding diaryl/α,β-unsaturated/α-hetero) is 1. The largest absolute Gasteiger partial charge is 0.373 e. The van der Waals surface area contributed by atoms with Gasteiger partial charge in [-0.15, -0.1) is 0 Å². The van der Waals surface area contributed by atoms with Crippen LogP contribution in [0, 0.1) is 0 Å². The molecule has 1 aliphatic rings. The van der Waals surface area contributed by atoms with Gasteiger partial charge >= 0.3 is 0 Å². The van der Waals surface area contributed by atoms with Gasteiger partial charge in [-0.2, -0.15) is 0 Å². The number of ketones is 1. The summed E-state index contributed by atoms with van der Waals surface area (Å²) in [6, 6.07) is 6.07. The van der Waals surface area contributed by atoms with E-state index in [0.717, 1.165) is 24.8 Å². The lowest BCUT2D eigenvalue weighted by Crippen LogP contribution is -2.10. The fraction of sp³-hybridized carbons (Fsp3) is 0.500. The van der Waals surface area contributed by atoms with Gasteiger partial charge in [-0.05, 0) is 42.9 Å². The van der Waals surface area contributed by atoms with Crippen molar-refractivity contribution in [1.29, 1.82) is 0 Å². The van der Waals surface area contributed by atoms with E-state index in [1.165, 1.54) is 17.5 Å². The summed E-state index contributed by atoms with van der Waals surface area (Å²) in [5, 5.41) is 0. The van der Waals surface area contributed by atoms with E-state index in [0.29, 0.717) is 6.61 Å². The molecule has 0 radical (unpaired) electrons. The van der Waals surface area contributed by atoms with Crippen LogP contribution in [0.3, 0.4) is 0 Å². The maximum absolute atomic E-state index is 11.8. The Morgan fingerprint density at radius 2 is 2.12 bits per heavy atom. The molecule has 0 N–H and O–H groups in total. The van der Waals surface area contributed by atoms with Crippen molar-refractivity contribution in [1.82, 2.24) is 0 Å². The van der Waals surface area contributed by atoms with E-state index in [1.54, 1.807) is 0 Å². The van der Waals surface area contributed by atoms with Gasteiger partial charge in [0.15, 0.2) is 5.78 Å². The average molecular weight is 218 g/mol. The van der Waals surface area contributed by atoms with Crippen LogP contribution in [0.2, 0.25) is 0 Å². The first-order valence-corrected chi connectivity index (χ1v) is 6.04. The molecule has 2 heteroatoms. The zero-order valence-corrected chi connectivity index (χ0v) is 9.79. The normalized spacial score (nSPS) is 13.8. The first kappa shape index (κ1) is 11.3. The van der Waals surface area contributed by atoms with Crippen LogP contribution in [-0.2, 0) is 17.6 Å². The van der Waals surface area contributed by atoms with Crippen molar-refractivity contribution in [3.63, 3.8) is 0 Å². The fourth-order valence-electron chi connectivity index (χ4n) is 2.14. The van der Waals surface area contributed by atoms with Crippen molar-refractivity contribution < 1.29 is 9.53 Å². The first-order valence-electron chi connectivity index (χ1n) is 6.04. The summed E-state index contributed by atoms with van der Waals surface area (Å²) in [5.41, 5.74) is 3.56. The Labute approximate surface area is 96.6 Å². The Morgan fingerprint density at radius 3 is 2.94 bits per heavy atom. The molecule has 0 aromatic heterocycles. The van der Waals surface area contributed by atoms with Crippen LogP contribution in [0.1, 0.15) is 41.3 Å². The predicted octanol–water partition coefficient (Wildman–Crippen LogP) is 2.78. The van der Waals surface area contributed by atoms with E-state index in [9.17, 15) is 4.79 Å². The Hall–Kier alpha value is -1.15. The number of ether oxygens (including phenoxy) is 1. The standard InChI is InChI=1S/C14H18O2/c1-2-8-16-10-14(15)13-7-6-11-4-3-5-12(11)9-13/h6-7,9H,2-5,8,10H2,1H3. The van der Waals surface area contributed by atoms with Crippen molar-refractivity contribution in [3.8, 4) is 0 Å². The molecule has 1 aliphatic carbocycles. The first-order chi connectivity index (χ1) is 7.81. The molecule has 0 saturated carbocycles. The quantitative estimate of drug-likeness (QED) is 0.561. The molecule has 0 fully saturated rings. The molecule has 0 bridgehead atoms. The highest BCUT2D eigenvalue weighted by Crippen LogP contribution is 2.22. The van der Waals surface area contributed by atoms with Crippen LogP contribution in [-0.4, -0.2) is 19.0 Å². The maximum Gasteiger partial charge on any atom is 0.188 e. The lowest BCUT2D eigenvalue weighted by Gasteiger charge is -2.04. The number of hydrogen-bond donors (Lipinski definition) is 0. The third kappa shape index (κ3) is 2.50.